The molecule has 1 atom stereocenters. The highest BCUT2D eigenvalue weighted by Gasteiger charge is 2.29. The summed E-state index contributed by atoms with van der Waals surface area (Å²) in [5.74, 6) is 0.189. The molecule has 1 aliphatic rings. The topological polar surface area (TPSA) is 49.0 Å². The Balaban J connectivity index is 1.57. The summed E-state index contributed by atoms with van der Waals surface area (Å²) in [5.41, 5.74) is 4.25. The summed E-state index contributed by atoms with van der Waals surface area (Å²) in [6.07, 6.45) is 5.49. The number of H-pyrrole nitrogens is 1. The predicted octanol–water partition coefficient (Wildman–Crippen LogP) is 4.17. The van der Waals surface area contributed by atoms with Gasteiger partial charge in [-0.05, 0) is 55.3 Å². The van der Waals surface area contributed by atoms with Crippen LogP contribution in [0.15, 0.2) is 48.7 Å². The third-order valence-electron chi connectivity index (χ3n) is 5.06. The Morgan fingerprint density at radius 2 is 2.12 bits per heavy atom. The molecule has 25 heavy (non-hydrogen) atoms. The zero-order valence-electron chi connectivity index (χ0n) is 14.5. The van der Waals surface area contributed by atoms with Crippen LogP contribution in [0.25, 0.3) is 10.9 Å². The minimum absolute atomic E-state index is 0.145. The van der Waals surface area contributed by atoms with E-state index in [0.717, 1.165) is 48.3 Å². The highest BCUT2D eigenvalue weighted by molar-refractivity contribution is 5.82. The lowest BCUT2D eigenvalue weighted by Crippen LogP contribution is -2.39. The summed E-state index contributed by atoms with van der Waals surface area (Å²) in [4.78, 5) is 22.8. The number of pyridine rings is 1. The van der Waals surface area contributed by atoms with E-state index in [2.05, 4.69) is 28.2 Å². The van der Waals surface area contributed by atoms with Crippen molar-refractivity contribution in [3.8, 4) is 0 Å². The number of likely N-dealkylation sites (tertiary alicyclic amines) is 1. The summed E-state index contributed by atoms with van der Waals surface area (Å²) in [7, 11) is 0. The van der Waals surface area contributed by atoms with E-state index >= 15 is 0 Å². The van der Waals surface area contributed by atoms with Gasteiger partial charge in [-0.3, -0.25) is 9.78 Å². The SMILES string of the molecule is Cc1ccc(CC(=O)N2CCCCC2c2cc3ccccc3[nH]2)cn1. The van der Waals surface area contributed by atoms with Gasteiger partial charge < -0.3 is 9.88 Å². The van der Waals surface area contributed by atoms with Gasteiger partial charge in [0.2, 0.25) is 5.91 Å². The number of piperidine rings is 1. The van der Waals surface area contributed by atoms with Crippen molar-refractivity contribution in [2.75, 3.05) is 6.54 Å². The first-order valence-corrected chi connectivity index (χ1v) is 8.99. The van der Waals surface area contributed by atoms with Crippen molar-refractivity contribution in [1.82, 2.24) is 14.9 Å². The van der Waals surface area contributed by atoms with Gasteiger partial charge in [-0.1, -0.05) is 24.3 Å². The van der Waals surface area contributed by atoms with Crippen molar-refractivity contribution in [1.29, 1.82) is 0 Å². The molecule has 1 N–H and O–H groups in total. The van der Waals surface area contributed by atoms with Gasteiger partial charge in [0.15, 0.2) is 0 Å². The van der Waals surface area contributed by atoms with Crippen LogP contribution in [0.2, 0.25) is 0 Å². The van der Waals surface area contributed by atoms with E-state index in [1.54, 1.807) is 0 Å². The number of nitrogens with zero attached hydrogens (tertiary/aromatic N) is 2. The Kier molecular flexibility index (Phi) is 4.26. The van der Waals surface area contributed by atoms with E-state index in [9.17, 15) is 4.79 Å². The number of benzene rings is 1. The van der Waals surface area contributed by atoms with Crippen LogP contribution in [0.4, 0.5) is 0 Å². The van der Waals surface area contributed by atoms with Gasteiger partial charge >= 0.3 is 0 Å². The van der Waals surface area contributed by atoms with Crippen molar-refractivity contribution in [3.63, 3.8) is 0 Å². The van der Waals surface area contributed by atoms with E-state index in [-0.39, 0.29) is 11.9 Å². The smallest absolute Gasteiger partial charge is 0.227 e. The number of hydrogen-bond acceptors (Lipinski definition) is 2. The predicted molar refractivity (Wildman–Crippen MR) is 99.3 cm³/mol. The minimum atomic E-state index is 0.145. The quantitative estimate of drug-likeness (QED) is 0.782. The van der Waals surface area contributed by atoms with Crippen LogP contribution >= 0.6 is 0 Å². The maximum Gasteiger partial charge on any atom is 0.227 e. The molecule has 1 aromatic carbocycles. The van der Waals surface area contributed by atoms with Crippen LogP contribution in [-0.2, 0) is 11.2 Å². The Bertz CT molecular complexity index is 849. The van der Waals surface area contributed by atoms with E-state index in [0.29, 0.717) is 6.42 Å². The monoisotopic (exact) mass is 333 g/mol. The molecule has 2 aromatic heterocycles. The van der Waals surface area contributed by atoms with Gasteiger partial charge in [-0.15, -0.1) is 0 Å². The number of aromatic amines is 1. The number of carbonyl (C=O) groups is 1. The number of aromatic nitrogens is 2. The van der Waals surface area contributed by atoms with Gasteiger partial charge in [0.1, 0.15) is 0 Å². The van der Waals surface area contributed by atoms with E-state index < -0.39 is 0 Å². The van der Waals surface area contributed by atoms with Crippen molar-refractivity contribution in [2.24, 2.45) is 0 Å². The van der Waals surface area contributed by atoms with E-state index in [1.807, 2.05) is 42.3 Å². The first-order valence-electron chi connectivity index (χ1n) is 8.99. The molecule has 0 saturated carbocycles. The molecule has 1 aliphatic heterocycles. The maximum absolute atomic E-state index is 12.9. The van der Waals surface area contributed by atoms with Crippen molar-refractivity contribution in [2.45, 2.75) is 38.6 Å². The van der Waals surface area contributed by atoms with Crippen LogP contribution in [0.3, 0.4) is 0 Å². The third-order valence-corrected chi connectivity index (χ3v) is 5.06. The highest BCUT2D eigenvalue weighted by atomic mass is 16.2. The molecular weight excluding hydrogens is 310 g/mol. The molecule has 1 fully saturated rings. The van der Waals surface area contributed by atoms with Crippen LogP contribution in [0, 0.1) is 6.92 Å². The summed E-state index contributed by atoms with van der Waals surface area (Å²) in [6.45, 7) is 2.79. The number of nitrogens with one attached hydrogen (secondary N) is 1. The van der Waals surface area contributed by atoms with Gasteiger partial charge in [0, 0.05) is 29.6 Å². The standard InChI is InChI=1S/C21H23N3O/c1-15-9-10-16(14-22-15)12-21(25)24-11-5-4-8-20(24)19-13-17-6-2-3-7-18(17)23-19/h2-3,6-7,9-10,13-14,20,23H,4-5,8,11-12H2,1H3. The fourth-order valence-electron chi connectivity index (χ4n) is 3.71. The molecule has 0 spiro atoms. The van der Waals surface area contributed by atoms with Gasteiger partial charge in [-0.25, -0.2) is 0 Å². The second kappa shape index (κ2) is 6.71. The lowest BCUT2D eigenvalue weighted by molar-refractivity contribution is -0.134. The fraction of sp³-hybridized carbons (Fsp3) is 0.333. The lowest BCUT2D eigenvalue weighted by Gasteiger charge is -2.35. The summed E-state index contributed by atoms with van der Waals surface area (Å²) < 4.78 is 0. The summed E-state index contributed by atoms with van der Waals surface area (Å²) >= 11 is 0. The second-order valence-electron chi connectivity index (χ2n) is 6.90. The normalized spacial score (nSPS) is 17.8. The maximum atomic E-state index is 12.9. The average molecular weight is 333 g/mol. The van der Waals surface area contributed by atoms with Crippen molar-refractivity contribution >= 4 is 16.8 Å². The molecule has 0 bridgehead atoms. The molecule has 0 radical (unpaired) electrons. The molecule has 1 unspecified atom stereocenters. The summed E-state index contributed by atoms with van der Waals surface area (Å²) in [6, 6.07) is 14.6. The van der Waals surface area contributed by atoms with Crippen LogP contribution in [0.5, 0.6) is 0 Å². The first-order chi connectivity index (χ1) is 12.2. The molecule has 3 aromatic rings. The lowest BCUT2D eigenvalue weighted by atomic mass is 9.98. The molecule has 0 aliphatic carbocycles. The zero-order chi connectivity index (χ0) is 17.2. The number of carbonyl (C=O) groups excluding carboxylic acids is 1. The largest absolute Gasteiger partial charge is 0.357 e. The van der Waals surface area contributed by atoms with Crippen molar-refractivity contribution in [3.05, 3.63) is 65.6 Å². The average Bonchev–Trinajstić information content (AvgIpc) is 3.07. The van der Waals surface area contributed by atoms with Crippen LogP contribution in [-0.4, -0.2) is 27.3 Å². The molecule has 128 valence electrons. The molecule has 1 saturated heterocycles. The number of amides is 1. The van der Waals surface area contributed by atoms with Crippen molar-refractivity contribution < 1.29 is 4.79 Å². The molecule has 4 rings (SSSR count). The third kappa shape index (κ3) is 3.29. The fourth-order valence-corrected chi connectivity index (χ4v) is 3.71. The molecular formula is C21H23N3O. The number of hydrogen-bond donors (Lipinski definition) is 1. The number of fused-ring (bicyclic) bond motifs is 1. The number of aryl methyl sites for hydroxylation is 1. The van der Waals surface area contributed by atoms with Crippen LogP contribution in [0.1, 0.15) is 42.3 Å². The Hall–Kier alpha value is -2.62. The molecule has 4 nitrogen and oxygen atoms in total. The van der Waals surface area contributed by atoms with Crippen LogP contribution < -0.4 is 0 Å². The number of para-hydroxylation sites is 1. The second-order valence-corrected chi connectivity index (χ2v) is 6.90. The Morgan fingerprint density at radius 1 is 1.24 bits per heavy atom. The molecule has 4 heteroatoms. The zero-order valence-corrected chi connectivity index (χ0v) is 14.5. The Labute approximate surface area is 147 Å². The minimum Gasteiger partial charge on any atom is -0.357 e. The molecule has 1 amide bonds. The molecule has 3 heterocycles. The number of rotatable bonds is 3. The van der Waals surface area contributed by atoms with E-state index in [1.165, 1.54) is 5.39 Å². The van der Waals surface area contributed by atoms with Gasteiger partial charge in [0.25, 0.3) is 0 Å². The summed E-state index contributed by atoms with van der Waals surface area (Å²) in [5, 5.41) is 1.21. The highest BCUT2D eigenvalue weighted by Crippen LogP contribution is 2.32. The first kappa shape index (κ1) is 15.9. The Morgan fingerprint density at radius 3 is 2.92 bits per heavy atom. The van der Waals surface area contributed by atoms with E-state index in [4.69, 9.17) is 0 Å². The van der Waals surface area contributed by atoms with Gasteiger partial charge in [0.05, 0.1) is 12.5 Å². The van der Waals surface area contributed by atoms with Gasteiger partial charge in [-0.2, -0.15) is 0 Å².